The van der Waals surface area contributed by atoms with Gasteiger partial charge in [0.15, 0.2) is 11.6 Å². The second-order valence-corrected chi connectivity index (χ2v) is 6.63. The fourth-order valence-electron chi connectivity index (χ4n) is 1.73. The van der Waals surface area contributed by atoms with Gasteiger partial charge in [0, 0.05) is 43.7 Å². The van der Waals surface area contributed by atoms with Crippen molar-refractivity contribution in [3.05, 3.63) is 17.7 Å². The van der Waals surface area contributed by atoms with Crippen molar-refractivity contribution in [1.29, 1.82) is 0 Å². The van der Waals surface area contributed by atoms with Crippen LogP contribution in [-0.4, -0.2) is 79.2 Å². The number of hydrogen-bond acceptors (Lipinski definition) is 7. The molecule has 0 spiro atoms. The van der Waals surface area contributed by atoms with Crippen LogP contribution in [0.25, 0.3) is 0 Å². The van der Waals surface area contributed by atoms with Crippen LogP contribution in [0.3, 0.4) is 0 Å². The summed E-state index contributed by atoms with van der Waals surface area (Å²) in [7, 11) is 1.76. The van der Waals surface area contributed by atoms with Crippen molar-refractivity contribution in [3.8, 4) is 0 Å². The van der Waals surface area contributed by atoms with Crippen LogP contribution in [0.15, 0.2) is 11.3 Å². The van der Waals surface area contributed by atoms with Gasteiger partial charge in [-0.05, 0) is 6.92 Å². The third-order valence-electron chi connectivity index (χ3n) is 3.23. The number of H-pyrrole nitrogens is 1. The van der Waals surface area contributed by atoms with Crippen molar-refractivity contribution in [1.82, 2.24) is 15.3 Å². The fraction of sp³-hybridized carbons (Fsp3) is 0.533. The molecule has 0 fully saturated rings. The molecule has 8 N–H and O–H groups in total. The maximum absolute atomic E-state index is 10.3. The number of aromatic amines is 1. The zero-order chi connectivity index (χ0) is 21.7. The number of guanidine groups is 1. The standard InChI is InChI=1S/C9H17N5S.C6H8O7.Zn/c1-7-8(14-6-13-7)5-15-4-3-12-9(10)11-2;7-3(8)1-6(13,5(11)12)2-4(9)10;/h6H,3-5H2,1-2H3,(H,13,14)(H3,10,11,12);13H,1-2H2,(H,7,8)(H,9,10)(H,11,12);. The van der Waals surface area contributed by atoms with E-state index in [1.54, 1.807) is 25.1 Å². The number of thioether (sulfide) groups is 1. The minimum absolute atomic E-state index is 0. The topological polar surface area (TPSA) is 211 Å². The molecule has 0 saturated carbocycles. The Bertz CT molecular complexity index is 682. The maximum Gasteiger partial charge on any atom is 0.336 e. The van der Waals surface area contributed by atoms with E-state index in [1.807, 2.05) is 6.92 Å². The van der Waals surface area contributed by atoms with Crippen LogP contribution in [0.4, 0.5) is 0 Å². The number of aliphatic carboxylic acids is 3. The smallest absolute Gasteiger partial charge is 0.336 e. The Balaban J connectivity index is 0. The van der Waals surface area contributed by atoms with E-state index >= 15 is 0 Å². The number of carboxylic acid groups (broad SMARTS) is 3. The van der Waals surface area contributed by atoms with Crippen molar-refractivity contribution in [2.75, 3.05) is 19.3 Å². The zero-order valence-electron chi connectivity index (χ0n) is 16.2. The molecule has 0 aliphatic carbocycles. The van der Waals surface area contributed by atoms with Crippen molar-refractivity contribution in [2.45, 2.75) is 31.1 Å². The van der Waals surface area contributed by atoms with Crippen LogP contribution in [-0.2, 0) is 39.6 Å². The number of hydrogen-bond donors (Lipinski definition) is 7. The zero-order valence-corrected chi connectivity index (χ0v) is 20.0. The summed E-state index contributed by atoms with van der Waals surface area (Å²) in [5.74, 6) is -2.65. The number of carbonyl (C=O) groups is 3. The molecular weight excluding hydrogens is 460 g/mol. The van der Waals surface area contributed by atoms with Crippen LogP contribution in [0.2, 0.25) is 0 Å². The van der Waals surface area contributed by atoms with E-state index in [1.165, 1.54) is 0 Å². The maximum atomic E-state index is 10.3. The molecule has 0 atom stereocenters. The van der Waals surface area contributed by atoms with Gasteiger partial charge < -0.3 is 36.5 Å². The summed E-state index contributed by atoms with van der Waals surface area (Å²) in [6, 6.07) is 0. The van der Waals surface area contributed by atoms with E-state index < -0.39 is 36.4 Å². The van der Waals surface area contributed by atoms with Gasteiger partial charge in [-0.25, -0.2) is 9.78 Å². The summed E-state index contributed by atoms with van der Waals surface area (Å²) in [4.78, 5) is 41.9. The van der Waals surface area contributed by atoms with E-state index in [4.69, 9.17) is 26.2 Å². The van der Waals surface area contributed by atoms with Crippen LogP contribution in [0, 0.1) is 6.92 Å². The van der Waals surface area contributed by atoms with Gasteiger partial charge >= 0.3 is 17.9 Å². The number of nitrogens with two attached hydrogens (primary N) is 1. The van der Waals surface area contributed by atoms with Gasteiger partial charge in [-0.1, -0.05) is 0 Å². The molecule has 1 heterocycles. The Morgan fingerprint density at radius 2 is 1.83 bits per heavy atom. The third-order valence-corrected chi connectivity index (χ3v) is 4.18. The summed E-state index contributed by atoms with van der Waals surface area (Å²) in [6.45, 7) is 2.76. The van der Waals surface area contributed by atoms with Crippen LogP contribution >= 0.6 is 11.8 Å². The van der Waals surface area contributed by atoms with Crippen molar-refractivity contribution in [2.24, 2.45) is 10.7 Å². The summed E-state index contributed by atoms with van der Waals surface area (Å²) in [5.41, 5.74) is 5.00. The molecule has 1 rings (SSSR count). The van der Waals surface area contributed by atoms with Gasteiger partial charge in [-0.15, -0.1) is 0 Å². The Hall–Kier alpha value is -2.18. The number of aliphatic imine (C=N–C) groups is 1. The quantitative estimate of drug-likeness (QED) is 0.0948. The Morgan fingerprint density at radius 1 is 1.28 bits per heavy atom. The minimum atomic E-state index is -2.74. The molecule has 0 aromatic carbocycles. The molecule has 0 unspecified atom stereocenters. The molecule has 0 amide bonds. The first kappa shape index (κ1) is 29.0. The normalized spacial score (nSPS) is 10.9. The van der Waals surface area contributed by atoms with Gasteiger partial charge in [0.1, 0.15) is 0 Å². The molecule has 1 aromatic heterocycles. The first-order valence-corrected chi connectivity index (χ1v) is 9.11. The molecule has 12 nitrogen and oxygen atoms in total. The van der Waals surface area contributed by atoms with Crippen molar-refractivity contribution in [3.63, 3.8) is 0 Å². The van der Waals surface area contributed by atoms with E-state index in [0.29, 0.717) is 5.96 Å². The molecule has 0 saturated heterocycles. The monoisotopic (exact) mass is 483 g/mol. The summed E-state index contributed by atoms with van der Waals surface area (Å²) >= 11 is 1.80. The average Bonchev–Trinajstić information content (AvgIpc) is 2.98. The molecule has 0 aliphatic heterocycles. The van der Waals surface area contributed by atoms with Crippen LogP contribution in [0.1, 0.15) is 24.2 Å². The van der Waals surface area contributed by atoms with Crippen LogP contribution in [0.5, 0.6) is 0 Å². The summed E-state index contributed by atoms with van der Waals surface area (Å²) in [5, 5.41) is 36.6. The van der Waals surface area contributed by atoms with Gasteiger partial charge in [-0.2, -0.15) is 11.8 Å². The molecule has 1 aromatic rings. The number of nitrogens with one attached hydrogen (secondary N) is 2. The number of aryl methyl sites for hydroxylation is 1. The van der Waals surface area contributed by atoms with Crippen molar-refractivity contribution < 1.29 is 54.3 Å². The Labute approximate surface area is 184 Å². The van der Waals surface area contributed by atoms with E-state index in [2.05, 4.69) is 20.3 Å². The van der Waals surface area contributed by atoms with Gasteiger partial charge in [0.05, 0.1) is 31.4 Å². The first-order valence-electron chi connectivity index (χ1n) is 7.95. The molecular formula is C15H25N5O7SZn. The fourth-order valence-corrected chi connectivity index (χ4v) is 2.57. The number of imidazole rings is 1. The second kappa shape index (κ2) is 14.8. The van der Waals surface area contributed by atoms with Gasteiger partial charge in [0.25, 0.3) is 0 Å². The SMILES string of the molecule is CNC(N)=NCCSCc1nc[nH]c1C.O=C(O)CC(O)(CC(=O)O)C(=O)O.[Zn]. The molecule has 14 heteroatoms. The van der Waals surface area contributed by atoms with Crippen molar-refractivity contribution >= 4 is 35.6 Å². The average molecular weight is 485 g/mol. The van der Waals surface area contributed by atoms with E-state index in [9.17, 15) is 14.4 Å². The third kappa shape index (κ3) is 12.8. The predicted molar refractivity (Wildman–Crippen MR) is 102 cm³/mol. The Morgan fingerprint density at radius 3 is 2.21 bits per heavy atom. The second-order valence-electron chi connectivity index (χ2n) is 5.52. The molecule has 0 radical (unpaired) electrons. The van der Waals surface area contributed by atoms with E-state index in [-0.39, 0.29) is 19.5 Å². The molecule has 29 heavy (non-hydrogen) atoms. The van der Waals surface area contributed by atoms with E-state index in [0.717, 1.165) is 29.4 Å². The molecule has 160 valence electrons. The number of nitrogens with zero attached hydrogens (tertiary/aromatic N) is 2. The summed E-state index contributed by atoms with van der Waals surface area (Å²) < 4.78 is 0. The number of aromatic nitrogens is 2. The molecule has 0 aliphatic rings. The Kier molecular flexibility index (Phi) is 14.8. The van der Waals surface area contributed by atoms with Gasteiger partial charge in [0.2, 0.25) is 0 Å². The molecule has 0 bridgehead atoms. The summed E-state index contributed by atoms with van der Waals surface area (Å²) in [6.07, 6.45) is -0.564. The number of rotatable bonds is 10. The first-order chi connectivity index (χ1) is 13.0. The minimum Gasteiger partial charge on any atom is -0.481 e. The number of aliphatic hydroxyl groups is 1. The van der Waals surface area contributed by atoms with Crippen LogP contribution < -0.4 is 11.1 Å². The largest absolute Gasteiger partial charge is 0.481 e. The van der Waals surface area contributed by atoms with Gasteiger partial charge in [-0.3, -0.25) is 14.6 Å². The number of carboxylic acids is 3. The predicted octanol–water partition coefficient (Wildman–Crippen LogP) is -0.766.